The van der Waals surface area contributed by atoms with Gasteiger partial charge in [-0.2, -0.15) is 0 Å². The van der Waals surface area contributed by atoms with E-state index < -0.39 is 0 Å². The van der Waals surface area contributed by atoms with E-state index in [4.69, 9.17) is 0 Å². The second-order valence-electron chi connectivity index (χ2n) is 1.68. The van der Waals surface area contributed by atoms with Crippen LogP contribution in [0.2, 0.25) is 0 Å². The molecule has 0 aliphatic heterocycles. The molecule has 1 nitrogen and oxygen atoms in total. The lowest BCUT2D eigenvalue weighted by Gasteiger charge is -2.07. The van der Waals surface area contributed by atoms with Crippen LogP contribution in [0.3, 0.4) is 0 Å². The van der Waals surface area contributed by atoms with Crippen molar-refractivity contribution in [1.82, 2.24) is 0 Å². The standard InChI is InChI=1S/C6H4Br3N.6ClH/c7-5-3-1-2-4-6(5)10(8)9;;;;;;/h1-4H;6*1H. The SMILES string of the molecule is Brc1ccccc1N(Br)Br.Cl.Cl.Cl.Cl.Cl.Cl. The minimum absolute atomic E-state index is 0. The minimum Gasteiger partial charge on any atom is -0.241 e. The van der Waals surface area contributed by atoms with Gasteiger partial charge in [0.05, 0.1) is 38.0 Å². The van der Waals surface area contributed by atoms with Gasteiger partial charge >= 0.3 is 0 Å². The van der Waals surface area contributed by atoms with Crippen molar-refractivity contribution in [3.63, 3.8) is 0 Å². The van der Waals surface area contributed by atoms with E-state index in [2.05, 4.69) is 48.2 Å². The molecule has 0 radical (unpaired) electrons. The molecular weight excluding hydrogens is 539 g/mol. The zero-order valence-electron chi connectivity index (χ0n) is 7.34. The third-order valence-electron chi connectivity index (χ3n) is 1.03. The van der Waals surface area contributed by atoms with Gasteiger partial charge in [0.2, 0.25) is 0 Å². The largest absolute Gasteiger partial charge is 0.241 e. The van der Waals surface area contributed by atoms with Crippen molar-refractivity contribution in [3.8, 4) is 0 Å². The summed E-state index contributed by atoms with van der Waals surface area (Å²) in [7, 11) is 0. The number of anilines is 1. The topological polar surface area (TPSA) is 3.24 Å². The van der Waals surface area contributed by atoms with Crippen LogP contribution in [0, 0.1) is 0 Å². The second kappa shape index (κ2) is 19.5. The fourth-order valence-corrected chi connectivity index (χ4v) is 2.15. The first-order valence-electron chi connectivity index (χ1n) is 2.58. The van der Waals surface area contributed by atoms with E-state index in [0.29, 0.717) is 0 Å². The highest BCUT2D eigenvalue weighted by Gasteiger charge is 2.00. The molecular formula is C6H10Br3Cl6N. The van der Waals surface area contributed by atoms with Gasteiger partial charge in [0, 0.05) is 4.47 Å². The maximum atomic E-state index is 3.40. The van der Waals surface area contributed by atoms with E-state index in [1.807, 2.05) is 24.3 Å². The maximum Gasteiger partial charge on any atom is 0.0737 e. The van der Waals surface area contributed by atoms with Crippen LogP contribution in [0.25, 0.3) is 0 Å². The van der Waals surface area contributed by atoms with Gasteiger partial charge in [-0.15, -0.1) is 74.4 Å². The van der Waals surface area contributed by atoms with E-state index in [0.717, 1.165) is 10.2 Å². The minimum atomic E-state index is 0. The number of hydrogen-bond donors (Lipinski definition) is 0. The van der Waals surface area contributed by atoms with Gasteiger partial charge in [-0.1, -0.05) is 12.1 Å². The van der Waals surface area contributed by atoms with Crippen molar-refractivity contribution in [2.75, 3.05) is 2.95 Å². The van der Waals surface area contributed by atoms with E-state index in [1.54, 1.807) is 2.95 Å². The smallest absolute Gasteiger partial charge is 0.0737 e. The average molecular weight is 549 g/mol. The zero-order chi connectivity index (χ0) is 7.56. The Morgan fingerprint density at radius 2 is 1.12 bits per heavy atom. The lowest BCUT2D eigenvalue weighted by atomic mass is 10.3. The van der Waals surface area contributed by atoms with Gasteiger partial charge in [0.25, 0.3) is 0 Å². The zero-order valence-corrected chi connectivity index (χ0v) is 17.0. The van der Waals surface area contributed by atoms with Gasteiger partial charge < -0.3 is 0 Å². The van der Waals surface area contributed by atoms with Gasteiger partial charge in [0.1, 0.15) is 0 Å². The van der Waals surface area contributed by atoms with Gasteiger partial charge in [-0.05, 0) is 28.1 Å². The first-order valence-corrected chi connectivity index (χ1v) is 4.79. The summed E-state index contributed by atoms with van der Waals surface area (Å²) in [5.41, 5.74) is 1.04. The van der Waals surface area contributed by atoms with Crippen LogP contribution in [0.1, 0.15) is 0 Å². The molecule has 16 heavy (non-hydrogen) atoms. The predicted octanol–water partition coefficient (Wildman–Crippen LogP) is 6.41. The van der Waals surface area contributed by atoms with Crippen LogP contribution in [-0.4, -0.2) is 0 Å². The summed E-state index contributed by atoms with van der Waals surface area (Å²) in [4.78, 5) is 0. The van der Waals surface area contributed by atoms with Crippen LogP contribution in [0.4, 0.5) is 5.69 Å². The molecule has 0 aliphatic rings. The molecule has 0 saturated heterocycles. The fraction of sp³-hybridized carbons (Fsp3) is 0. The Morgan fingerprint density at radius 1 is 0.750 bits per heavy atom. The summed E-state index contributed by atoms with van der Waals surface area (Å²) in [6.07, 6.45) is 0. The number of para-hydroxylation sites is 1. The normalized spacial score (nSPS) is 5.94. The van der Waals surface area contributed by atoms with E-state index in [1.165, 1.54) is 0 Å². The second-order valence-corrected chi connectivity index (χ2v) is 4.91. The number of halogens is 9. The molecule has 0 spiro atoms. The third kappa shape index (κ3) is 12.7. The fourth-order valence-electron chi connectivity index (χ4n) is 0.589. The van der Waals surface area contributed by atoms with Gasteiger partial charge in [-0.25, -0.2) is 2.95 Å². The molecule has 0 saturated carbocycles. The molecule has 0 atom stereocenters. The van der Waals surface area contributed by atoms with Crippen molar-refractivity contribution < 1.29 is 0 Å². The van der Waals surface area contributed by atoms with Crippen molar-refractivity contribution >= 4 is 128 Å². The Morgan fingerprint density at radius 3 is 1.38 bits per heavy atom. The highest BCUT2D eigenvalue weighted by Crippen LogP contribution is 2.29. The van der Waals surface area contributed by atoms with Crippen LogP contribution in [0.5, 0.6) is 0 Å². The molecule has 0 heterocycles. The van der Waals surface area contributed by atoms with E-state index in [-0.39, 0.29) is 74.4 Å². The van der Waals surface area contributed by atoms with Crippen molar-refractivity contribution in [3.05, 3.63) is 28.7 Å². The summed E-state index contributed by atoms with van der Waals surface area (Å²) < 4.78 is 2.74. The Hall–Kier alpha value is 2.20. The summed E-state index contributed by atoms with van der Waals surface area (Å²) in [5.74, 6) is 0. The maximum absolute atomic E-state index is 3.40. The van der Waals surface area contributed by atoms with Crippen LogP contribution in [-0.2, 0) is 0 Å². The molecule has 0 bridgehead atoms. The molecule has 0 N–H and O–H groups in total. The lowest BCUT2D eigenvalue weighted by molar-refractivity contribution is 1.59. The summed E-state index contributed by atoms with van der Waals surface area (Å²) in [5, 5.41) is 0. The van der Waals surface area contributed by atoms with Crippen molar-refractivity contribution in [2.45, 2.75) is 0 Å². The summed E-state index contributed by atoms with van der Waals surface area (Å²) in [6, 6.07) is 7.89. The molecule has 0 aliphatic carbocycles. The number of nitrogens with zero attached hydrogens (tertiary/aromatic N) is 1. The monoisotopic (exact) mass is 543 g/mol. The third-order valence-corrected chi connectivity index (χ3v) is 2.47. The Balaban J connectivity index is -0.0000000417. The molecule has 10 heteroatoms. The molecule has 0 amide bonds. The van der Waals surface area contributed by atoms with Crippen molar-refractivity contribution in [2.24, 2.45) is 0 Å². The summed E-state index contributed by atoms with van der Waals surface area (Å²) in [6.45, 7) is 0. The molecule has 102 valence electrons. The first-order chi connectivity index (χ1) is 4.72. The highest BCUT2D eigenvalue weighted by molar-refractivity contribution is 9.25. The van der Waals surface area contributed by atoms with Gasteiger partial charge in [-0.3, -0.25) is 0 Å². The molecule has 0 aromatic heterocycles. The predicted molar refractivity (Wildman–Crippen MR) is 98.0 cm³/mol. The van der Waals surface area contributed by atoms with Crippen LogP contribution in [0.15, 0.2) is 28.7 Å². The summed E-state index contributed by atoms with van der Waals surface area (Å²) >= 11 is 9.90. The average Bonchev–Trinajstić information content (AvgIpc) is 1.88. The van der Waals surface area contributed by atoms with E-state index in [9.17, 15) is 0 Å². The molecule has 1 aromatic carbocycles. The Labute approximate surface area is 158 Å². The number of hydrogen-bond acceptors (Lipinski definition) is 1. The van der Waals surface area contributed by atoms with Gasteiger partial charge in [0.15, 0.2) is 0 Å². The quantitative estimate of drug-likeness (QED) is 0.367. The number of benzene rings is 1. The Kier molecular flexibility index (Phi) is 44.2. The number of rotatable bonds is 1. The van der Waals surface area contributed by atoms with Crippen molar-refractivity contribution in [1.29, 1.82) is 0 Å². The molecule has 1 aromatic rings. The molecule has 0 fully saturated rings. The molecule has 1 rings (SSSR count). The highest BCUT2D eigenvalue weighted by atomic mass is 79.9. The van der Waals surface area contributed by atoms with Crippen LogP contribution < -0.4 is 2.95 Å². The molecule has 0 unspecified atom stereocenters. The Bertz CT molecular complexity index is 239. The van der Waals surface area contributed by atoms with Crippen LogP contribution >= 0.6 is 123 Å². The lowest BCUT2D eigenvalue weighted by Crippen LogP contribution is -1.89. The first kappa shape index (κ1) is 36.2. The van der Waals surface area contributed by atoms with E-state index >= 15 is 0 Å².